The molecule has 1 aromatic heterocycles. The van der Waals surface area contributed by atoms with E-state index in [0.29, 0.717) is 0 Å². The van der Waals surface area contributed by atoms with Crippen molar-refractivity contribution in [1.29, 1.82) is 0 Å². The second-order valence-electron chi connectivity index (χ2n) is 4.82. The molecule has 0 unspecified atom stereocenters. The summed E-state index contributed by atoms with van der Waals surface area (Å²) < 4.78 is 1.32. The van der Waals surface area contributed by atoms with Gasteiger partial charge in [-0.2, -0.15) is 0 Å². The molecule has 1 nitrogen and oxygen atoms in total. The van der Waals surface area contributed by atoms with Crippen LogP contribution >= 0.6 is 27.3 Å². The van der Waals surface area contributed by atoms with E-state index < -0.39 is 0 Å². The van der Waals surface area contributed by atoms with Gasteiger partial charge in [-0.15, -0.1) is 11.3 Å². The average Bonchev–Trinajstić information content (AvgIpc) is 2.66. The smallest absolute Gasteiger partial charge is 0.0743 e. The molecule has 2 bridgehead atoms. The van der Waals surface area contributed by atoms with Gasteiger partial charge in [0.05, 0.1) is 3.79 Å². The van der Waals surface area contributed by atoms with Gasteiger partial charge in [0.1, 0.15) is 0 Å². The van der Waals surface area contributed by atoms with Gasteiger partial charge in [0.2, 0.25) is 0 Å². The van der Waals surface area contributed by atoms with Crippen molar-refractivity contribution in [2.75, 3.05) is 6.54 Å². The van der Waals surface area contributed by atoms with Crippen LogP contribution in [0.3, 0.4) is 0 Å². The van der Waals surface area contributed by atoms with Crippen LogP contribution in [0.4, 0.5) is 0 Å². The lowest BCUT2D eigenvalue weighted by Gasteiger charge is -2.45. The molecule has 0 aromatic carbocycles. The lowest BCUT2D eigenvalue weighted by atomic mass is 9.80. The Balaban J connectivity index is 1.71. The van der Waals surface area contributed by atoms with Crippen LogP contribution in [0, 0.1) is 5.92 Å². The lowest BCUT2D eigenvalue weighted by Crippen LogP contribution is -2.47. The van der Waals surface area contributed by atoms with E-state index in [1.54, 1.807) is 11.3 Å². The van der Waals surface area contributed by atoms with Crippen LogP contribution in [0.15, 0.2) is 15.2 Å². The fourth-order valence-corrected chi connectivity index (χ4v) is 4.23. The third-order valence-electron chi connectivity index (χ3n) is 3.89. The van der Waals surface area contributed by atoms with Crippen LogP contribution < -0.4 is 0 Å². The van der Waals surface area contributed by atoms with Crippen LogP contribution in [0.25, 0.3) is 0 Å². The van der Waals surface area contributed by atoms with E-state index in [4.69, 9.17) is 0 Å². The summed E-state index contributed by atoms with van der Waals surface area (Å²) in [7, 11) is 0. The highest BCUT2D eigenvalue weighted by Crippen LogP contribution is 2.36. The molecule has 0 radical (unpaired) electrons. The maximum absolute atomic E-state index is 3.64. The normalized spacial score (nSPS) is 31.0. The zero-order valence-electron chi connectivity index (χ0n) is 8.79. The average molecular weight is 286 g/mol. The van der Waals surface area contributed by atoms with Crippen LogP contribution in [0.2, 0.25) is 0 Å². The first-order valence-corrected chi connectivity index (χ1v) is 7.46. The van der Waals surface area contributed by atoms with Crippen molar-refractivity contribution in [2.45, 2.75) is 38.3 Å². The van der Waals surface area contributed by atoms with E-state index in [1.807, 2.05) is 0 Å². The molecule has 82 valence electrons. The second kappa shape index (κ2) is 4.19. The Kier molecular flexibility index (Phi) is 2.88. The largest absolute Gasteiger partial charge is 0.296 e. The molecule has 3 fully saturated rings. The van der Waals surface area contributed by atoms with Crippen molar-refractivity contribution in [3.63, 3.8) is 0 Å². The minimum Gasteiger partial charge on any atom is -0.296 e. The molecule has 3 aliphatic rings. The Morgan fingerprint density at radius 1 is 1.33 bits per heavy atom. The van der Waals surface area contributed by atoms with Gasteiger partial charge in [-0.25, -0.2) is 0 Å². The zero-order chi connectivity index (χ0) is 10.3. The summed E-state index contributed by atoms with van der Waals surface area (Å²) >= 11 is 5.44. The SMILES string of the molecule is Brc1sccc1CN1CC2CCC1CC2. The third-order valence-corrected chi connectivity index (χ3v) is 5.70. The Bertz CT molecular complexity index is 341. The van der Waals surface area contributed by atoms with Gasteiger partial charge in [-0.1, -0.05) is 0 Å². The van der Waals surface area contributed by atoms with Crippen LogP contribution in [0.1, 0.15) is 31.2 Å². The van der Waals surface area contributed by atoms with E-state index in [-0.39, 0.29) is 0 Å². The highest BCUT2D eigenvalue weighted by atomic mass is 79.9. The van der Waals surface area contributed by atoms with Gasteiger partial charge in [-0.3, -0.25) is 4.90 Å². The molecule has 3 heterocycles. The highest BCUT2D eigenvalue weighted by Gasteiger charge is 2.33. The molecule has 4 rings (SSSR count). The molecule has 0 amide bonds. The lowest BCUT2D eigenvalue weighted by molar-refractivity contribution is 0.0425. The molecular weight excluding hydrogens is 270 g/mol. The molecular formula is C12H16BrNS. The Morgan fingerprint density at radius 3 is 2.67 bits per heavy atom. The standard InChI is InChI=1S/C12H16BrNS/c13-12-10(5-6-15-12)8-14-7-9-1-3-11(14)4-2-9/h5-6,9,11H,1-4,7-8H2. The van der Waals surface area contributed by atoms with Crippen molar-refractivity contribution in [1.82, 2.24) is 4.90 Å². The minimum atomic E-state index is 0.877. The zero-order valence-corrected chi connectivity index (χ0v) is 11.2. The Morgan fingerprint density at radius 2 is 2.13 bits per heavy atom. The maximum Gasteiger partial charge on any atom is 0.0743 e. The molecule has 3 heteroatoms. The molecule has 2 saturated heterocycles. The van der Waals surface area contributed by atoms with Crippen molar-refractivity contribution < 1.29 is 0 Å². The number of hydrogen-bond acceptors (Lipinski definition) is 2. The van der Waals surface area contributed by atoms with Gasteiger partial charge < -0.3 is 0 Å². The van der Waals surface area contributed by atoms with E-state index in [0.717, 1.165) is 18.5 Å². The molecule has 0 N–H and O–H groups in total. The quantitative estimate of drug-likeness (QED) is 0.797. The predicted molar refractivity (Wildman–Crippen MR) is 68.2 cm³/mol. The maximum atomic E-state index is 3.64. The summed E-state index contributed by atoms with van der Waals surface area (Å²) in [5.74, 6) is 0.993. The van der Waals surface area contributed by atoms with Gasteiger partial charge in [0.25, 0.3) is 0 Å². The number of fused-ring (bicyclic) bond motifs is 3. The van der Waals surface area contributed by atoms with Gasteiger partial charge in [0, 0.05) is 19.1 Å². The van der Waals surface area contributed by atoms with E-state index in [2.05, 4.69) is 32.3 Å². The topological polar surface area (TPSA) is 3.24 Å². The van der Waals surface area contributed by atoms with Crippen molar-refractivity contribution in [3.05, 3.63) is 20.8 Å². The summed E-state index contributed by atoms with van der Waals surface area (Å²) in [4.78, 5) is 2.70. The Hall–Kier alpha value is 0.140. The van der Waals surface area contributed by atoms with Crippen molar-refractivity contribution in [2.24, 2.45) is 5.92 Å². The summed E-state index contributed by atoms with van der Waals surface area (Å²) in [5, 5.41) is 2.18. The molecule has 1 saturated carbocycles. The first-order chi connectivity index (χ1) is 7.33. The monoisotopic (exact) mass is 285 g/mol. The van der Waals surface area contributed by atoms with Crippen molar-refractivity contribution >= 4 is 27.3 Å². The van der Waals surface area contributed by atoms with Crippen molar-refractivity contribution in [3.8, 4) is 0 Å². The molecule has 15 heavy (non-hydrogen) atoms. The fourth-order valence-electron chi connectivity index (χ4n) is 3.02. The van der Waals surface area contributed by atoms with Gasteiger partial charge >= 0.3 is 0 Å². The minimum absolute atomic E-state index is 0.877. The first kappa shape index (κ1) is 10.3. The summed E-state index contributed by atoms with van der Waals surface area (Å²) in [5.41, 5.74) is 1.48. The fraction of sp³-hybridized carbons (Fsp3) is 0.667. The number of thiophene rings is 1. The number of rotatable bonds is 2. The van der Waals surface area contributed by atoms with Crippen LogP contribution in [0.5, 0.6) is 0 Å². The molecule has 1 aromatic rings. The molecule has 0 atom stereocenters. The van der Waals surface area contributed by atoms with Crippen LogP contribution in [-0.4, -0.2) is 17.5 Å². The third kappa shape index (κ3) is 2.02. The second-order valence-corrected chi connectivity index (χ2v) is 7.06. The Labute approximate surface area is 104 Å². The first-order valence-electron chi connectivity index (χ1n) is 5.79. The summed E-state index contributed by atoms with van der Waals surface area (Å²) in [6, 6.07) is 3.14. The number of hydrogen-bond donors (Lipinski definition) is 0. The summed E-state index contributed by atoms with van der Waals surface area (Å²) in [6.07, 6.45) is 5.83. The van der Waals surface area contributed by atoms with E-state index >= 15 is 0 Å². The predicted octanol–water partition coefficient (Wildman–Crippen LogP) is 3.89. The molecule has 2 aliphatic heterocycles. The molecule has 1 aliphatic carbocycles. The number of nitrogens with zero attached hydrogens (tertiary/aromatic N) is 1. The highest BCUT2D eigenvalue weighted by molar-refractivity contribution is 9.11. The van der Waals surface area contributed by atoms with Gasteiger partial charge in [0.15, 0.2) is 0 Å². The molecule has 0 spiro atoms. The number of piperidine rings is 2. The van der Waals surface area contributed by atoms with Crippen LogP contribution in [-0.2, 0) is 6.54 Å². The summed E-state index contributed by atoms with van der Waals surface area (Å²) in [6.45, 7) is 2.50. The van der Waals surface area contributed by atoms with E-state index in [9.17, 15) is 0 Å². The van der Waals surface area contributed by atoms with E-state index in [1.165, 1.54) is 41.6 Å². The van der Waals surface area contributed by atoms with Gasteiger partial charge in [-0.05, 0) is 64.5 Å². The number of halogens is 1.